The summed E-state index contributed by atoms with van der Waals surface area (Å²) in [6.07, 6.45) is 8.19. The van der Waals surface area contributed by atoms with Gasteiger partial charge in [0.2, 0.25) is 5.88 Å². The molecule has 1 aliphatic heterocycles. The smallest absolute Gasteiger partial charge is 0.213 e. The van der Waals surface area contributed by atoms with Crippen molar-refractivity contribution < 1.29 is 4.74 Å². The lowest BCUT2D eigenvalue weighted by Gasteiger charge is -2.29. The number of rotatable bonds is 5. The highest BCUT2D eigenvalue weighted by Gasteiger charge is 2.25. The third kappa shape index (κ3) is 3.88. The van der Waals surface area contributed by atoms with Gasteiger partial charge in [-0.3, -0.25) is 19.5 Å². The molecule has 0 aliphatic carbocycles. The SMILES string of the molecule is Cc1cncc(CN2Cc3ccnn3CCC2COc2ccccn2)n1. The Morgan fingerprint density at radius 1 is 1.19 bits per heavy atom. The fraction of sp³-hybridized carbons (Fsp3) is 0.368. The summed E-state index contributed by atoms with van der Waals surface area (Å²) in [5.74, 6) is 0.657. The first kappa shape index (κ1) is 16.7. The minimum Gasteiger partial charge on any atom is -0.476 e. The van der Waals surface area contributed by atoms with E-state index in [0.29, 0.717) is 12.5 Å². The molecular weight excluding hydrogens is 328 g/mol. The quantitative estimate of drug-likeness (QED) is 0.703. The van der Waals surface area contributed by atoms with Crippen LogP contribution in [0.15, 0.2) is 49.1 Å². The summed E-state index contributed by atoms with van der Waals surface area (Å²) in [6.45, 7) is 4.98. The predicted octanol–water partition coefficient (Wildman–Crippen LogP) is 2.23. The second-order valence-corrected chi connectivity index (χ2v) is 6.52. The van der Waals surface area contributed by atoms with Crippen LogP contribution in [-0.2, 0) is 19.6 Å². The average Bonchev–Trinajstić information content (AvgIpc) is 3.03. The first-order valence-electron chi connectivity index (χ1n) is 8.84. The van der Waals surface area contributed by atoms with Crippen LogP contribution in [0.3, 0.4) is 0 Å². The maximum absolute atomic E-state index is 5.95. The van der Waals surface area contributed by atoms with Gasteiger partial charge in [-0.15, -0.1) is 0 Å². The van der Waals surface area contributed by atoms with E-state index in [9.17, 15) is 0 Å². The lowest BCUT2D eigenvalue weighted by Crippen LogP contribution is -2.38. The van der Waals surface area contributed by atoms with Crippen LogP contribution in [0.25, 0.3) is 0 Å². The van der Waals surface area contributed by atoms with Crippen molar-refractivity contribution in [1.82, 2.24) is 29.6 Å². The molecule has 0 amide bonds. The van der Waals surface area contributed by atoms with E-state index in [1.807, 2.05) is 37.5 Å². The van der Waals surface area contributed by atoms with Crippen LogP contribution in [0.2, 0.25) is 0 Å². The predicted molar refractivity (Wildman–Crippen MR) is 96.4 cm³/mol. The molecule has 0 spiro atoms. The lowest BCUT2D eigenvalue weighted by atomic mass is 10.2. The normalized spacial score (nSPS) is 17.5. The monoisotopic (exact) mass is 350 g/mol. The van der Waals surface area contributed by atoms with E-state index in [4.69, 9.17) is 4.74 Å². The Bertz CT molecular complexity index is 850. The van der Waals surface area contributed by atoms with Gasteiger partial charge >= 0.3 is 0 Å². The molecule has 7 heteroatoms. The first-order valence-corrected chi connectivity index (χ1v) is 8.84. The van der Waals surface area contributed by atoms with E-state index in [1.54, 1.807) is 12.4 Å². The Morgan fingerprint density at radius 2 is 2.15 bits per heavy atom. The van der Waals surface area contributed by atoms with Gasteiger partial charge in [0.1, 0.15) is 6.61 Å². The van der Waals surface area contributed by atoms with Crippen molar-refractivity contribution in [1.29, 1.82) is 0 Å². The zero-order valence-corrected chi connectivity index (χ0v) is 14.8. The summed E-state index contributed by atoms with van der Waals surface area (Å²) in [7, 11) is 0. The van der Waals surface area contributed by atoms with Gasteiger partial charge in [-0.05, 0) is 25.5 Å². The molecule has 1 atom stereocenters. The zero-order valence-electron chi connectivity index (χ0n) is 14.8. The molecule has 4 heterocycles. The molecule has 3 aromatic heterocycles. The van der Waals surface area contributed by atoms with Crippen LogP contribution < -0.4 is 4.74 Å². The Hall–Kier alpha value is -2.80. The molecule has 3 aromatic rings. The second-order valence-electron chi connectivity index (χ2n) is 6.52. The van der Waals surface area contributed by atoms with Crippen LogP contribution in [-0.4, -0.2) is 42.3 Å². The van der Waals surface area contributed by atoms with Gasteiger partial charge in [0.15, 0.2) is 0 Å². The van der Waals surface area contributed by atoms with Gasteiger partial charge in [0.05, 0.1) is 17.1 Å². The molecule has 0 saturated carbocycles. The molecule has 4 rings (SSSR count). The third-order valence-electron chi connectivity index (χ3n) is 4.59. The van der Waals surface area contributed by atoms with Crippen molar-refractivity contribution in [3.05, 3.63) is 66.1 Å². The number of hydrogen-bond donors (Lipinski definition) is 0. The van der Waals surface area contributed by atoms with Gasteiger partial charge in [-0.1, -0.05) is 6.07 Å². The molecule has 7 nitrogen and oxygen atoms in total. The minimum absolute atomic E-state index is 0.251. The maximum atomic E-state index is 5.95. The van der Waals surface area contributed by atoms with Gasteiger partial charge in [-0.2, -0.15) is 5.10 Å². The average molecular weight is 350 g/mol. The molecular formula is C19H22N6O. The van der Waals surface area contributed by atoms with Crippen molar-refractivity contribution in [2.75, 3.05) is 6.61 Å². The van der Waals surface area contributed by atoms with Gasteiger partial charge < -0.3 is 4.74 Å². The highest BCUT2D eigenvalue weighted by Crippen LogP contribution is 2.20. The minimum atomic E-state index is 0.251. The van der Waals surface area contributed by atoms with Crippen LogP contribution in [0.4, 0.5) is 0 Å². The van der Waals surface area contributed by atoms with Crippen LogP contribution >= 0.6 is 0 Å². The summed E-state index contributed by atoms with van der Waals surface area (Å²) in [5.41, 5.74) is 3.12. The van der Waals surface area contributed by atoms with Crippen molar-refractivity contribution >= 4 is 0 Å². The fourth-order valence-electron chi connectivity index (χ4n) is 3.27. The third-order valence-corrected chi connectivity index (χ3v) is 4.59. The van der Waals surface area contributed by atoms with Crippen LogP contribution in [0.5, 0.6) is 5.88 Å². The highest BCUT2D eigenvalue weighted by atomic mass is 16.5. The van der Waals surface area contributed by atoms with Crippen molar-refractivity contribution in [2.45, 2.75) is 39.0 Å². The molecule has 0 aromatic carbocycles. The molecule has 1 unspecified atom stereocenters. The molecule has 0 bridgehead atoms. The number of pyridine rings is 1. The summed E-state index contributed by atoms with van der Waals surface area (Å²) in [5, 5.41) is 4.43. The van der Waals surface area contributed by atoms with Crippen molar-refractivity contribution in [3.8, 4) is 5.88 Å². The summed E-state index contributed by atoms with van der Waals surface area (Å²) in [4.78, 5) is 15.5. The van der Waals surface area contributed by atoms with E-state index in [-0.39, 0.29) is 6.04 Å². The molecule has 134 valence electrons. The van der Waals surface area contributed by atoms with Crippen LogP contribution in [0.1, 0.15) is 23.5 Å². The first-order chi connectivity index (χ1) is 12.8. The van der Waals surface area contributed by atoms with E-state index in [2.05, 4.69) is 35.7 Å². The van der Waals surface area contributed by atoms with Crippen molar-refractivity contribution in [2.24, 2.45) is 0 Å². The number of ether oxygens (including phenoxy) is 1. The Balaban J connectivity index is 1.52. The number of aromatic nitrogens is 5. The maximum Gasteiger partial charge on any atom is 0.213 e. The van der Waals surface area contributed by atoms with Gasteiger partial charge in [-0.25, -0.2) is 4.98 Å². The van der Waals surface area contributed by atoms with E-state index < -0.39 is 0 Å². The number of nitrogens with zero attached hydrogens (tertiary/aromatic N) is 6. The Morgan fingerprint density at radius 3 is 3.00 bits per heavy atom. The van der Waals surface area contributed by atoms with Crippen molar-refractivity contribution in [3.63, 3.8) is 0 Å². The molecule has 0 N–H and O–H groups in total. The van der Waals surface area contributed by atoms with E-state index >= 15 is 0 Å². The van der Waals surface area contributed by atoms with E-state index in [0.717, 1.165) is 37.4 Å². The Kier molecular flexibility index (Phi) is 4.88. The molecule has 0 saturated heterocycles. The van der Waals surface area contributed by atoms with Crippen LogP contribution in [0, 0.1) is 6.92 Å². The molecule has 0 radical (unpaired) electrons. The molecule has 0 fully saturated rings. The number of hydrogen-bond acceptors (Lipinski definition) is 6. The largest absolute Gasteiger partial charge is 0.476 e. The Labute approximate surface area is 152 Å². The number of aryl methyl sites for hydroxylation is 2. The van der Waals surface area contributed by atoms with Gasteiger partial charge in [0.25, 0.3) is 0 Å². The topological polar surface area (TPSA) is 69.0 Å². The second kappa shape index (κ2) is 7.61. The standard InChI is InChI=1S/C19H22N6O/c1-15-10-20-11-16(23-15)12-24-13-17-5-8-22-25(17)9-6-18(24)14-26-19-4-2-3-7-21-19/h2-5,7-8,10-11,18H,6,9,12-14H2,1H3. The summed E-state index contributed by atoms with van der Waals surface area (Å²) >= 11 is 0. The van der Waals surface area contributed by atoms with Gasteiger partial charge in [0, 0.05) is 56.5 Å². The lowest BCUT2D eigenvalue weighted by molar-refractivity contribution is 0.114. The fourth-order valence-corrected chi connectivity index (χ4v) is 3.27. The zero-order chi connectivity index (χ0) is 17.8. The highest BCUT2D eigenvalue weighted by molar-refractivity contribution is 5.10. The van der Waals surface area contributed by atoms with E-state index in [1.165, 1.54) is 5.69 Å². The summed E-state index contributed by atoms with van der Waals surface area (Å²) in [6, 6.07) is 8.04. The summed E-state index contributed by atoms with van der Waals surface area (Å²) < 4.78 is 8.03. The molecule has 1 aliphatic rings. The number of fused-ring (bicyclic) bond motifs is 1. The molecule has 26 heavy (non-hydrogen) atoms.